The molecule has 1 atom stereocenters. The lowest BCUT2D eigenvalue weighted by Gasteiger charge is -2.15. The van der Waals surface area contributed by atoms with Gasteiger partial charge in [-0.05, 0) is 51.4 Å². The van der Waals surface area contributed by atoms with E-state index in [1.807, 2.05) is 0 Å². The van der Waals surface area contributed by atoms with Gasteiger partial charge in [-0.3, -0.25) is 9.59 Å². The third-order valence-corrected chi connectivity index (χ3v) is 17.4. The van der Waals surface area contributed by atoms with Crippen LogP contribution in [0, 0.1) is 0 Å². The molecular weight excluding hydrogens is 1000 g/mol. The predicted octanol–water partition coefficient (Wildman–Crippen LogP) is 26.1. The minimum Gasteiger partial charge on any atom is -0.462 e. The number of carbonyl (C=O) groups is 2. The van der Waals surface area contributed by atoms with Gasteiger partial charge in [-0.1, -0.05) is 397 Å². The summed E-state index contributed by atoms with van der Waals surface area (Å²) in [6.45, 7) is 4.19. The third kappa shape index (κ3) is 70.6. The number of allylic oxidation sites excluding steroid dienone is 6. The summed E-state index contributed by atoms with van der Waals surface area (Å²) in [4.78, 5) is 24.7. The minimum atomic E-state index is -0.773. The summed E-state index contributed by atoms with van der Waals surface area (Å²) in [5.74, 6) is -0.570. The number of carbonyl (C=O) groups excluding carboxylic acids is 2. The minimum absolute atomic E-state index is 0.0613. The fourth-order valence-electron chi connectivity index (χ4n) is 11.8. The van der Waals surface area contributed by atoms with Crippen molar-refractivity contribution in [3.05, 3.63) is 36.5 Å². The second-order valence-electron chi connectivity index (χ2n) is 25.7. The first-order chi connectivity index (χ1) is 40.6. The van der Waals surface area contributed by atoms with E-state index in [1.165, 1.54) is 353 Å². The number of hydrogen-bond acceptors (Lipinski definition) is 5. The van der Waals surface area contributed by atoms with Gasteiger partial charge in [-0.2, -0.15) is 0 Å². The maximum Gasteiger partial charge on any atom is 0.306 e. The fourth-order valence-corrected chi connectivity index (χ4v) is 11.8. The van der Waals surface area contributed by atoms with E-state index < -0.39 is 6.10 Å². The van der Waals surface area contributed by atoms with Crippen molar-refractivity contribution >= 4 is 11.9 Å². The normalized spacial score (nSPS) is 12.3. The Labute approximate surface area is 514 Å². The Balaban J connectivity index is 3.36. The summed E-state index contributed by atoms with van der Waals surface area (Å²) < 4.78 is 10.8. The number of esters is 2. The molecule has 0 aromatic heterocycles. The summed E-state index contributed by atoms with van der Waals surface area (Å²) in [5, 5.41) is 9.71. The second kappa shape index (κ2) is 73.4. The number of aliphatic hydroxyl groups excluding tert-OH is 1. The van der Waals surface area contributed by atoms with E-state index in [4.69, 9.17) is 9.47 Å². The lowest BCUT2D eigenvalue weighted by atomic mass is 10.0. The van der Waals surface area contributed by atoms with Gasteiger partial charge < -0.3 is 14.6 Å². The molecule has 0 aliphatic heterocycles. The molecule has 0 aromatic carbocycles. The van der Waals surface area contributed by atoms with Crippen molar-refractivity contribution in [3.8, 4) is 0 Å². The van der Waals surface area contributed by atoms with Crippen molar-refractivity contribution in [2.45, 2.75) is 431 Å². The van der Waals surface area contributed by atoms with E-state index in [2.05, 4.69) is 50.3 Å². The van der Waals surface area contributed by atoms with Gasteiger partial charge in [0.25, 0.3) is 0 Å². The molecule has 0 aliphatic rings. The molecule has 0 fully saturated rings. The monoisotopic (exact) mass is 1150 g/mol. The molecule has 1 unspecified atom stereocenters. The molecule has 0 rings (SSSR count). The van der Waals surface area contributed by atoms with Crippen molar-refractivity contribution in [2.24, 2.45) is 0 Å². The average molecular weight is 1150 g/mol. The van der Waals surface area contributed by atoms with Gasteiger partial charge in [0.15, 0.2) is 6.10 Å². The standard InChI is InChI=1S/C77H146O5/c1-3-5-7-9-11-13-15-17-19-21-23-25-27-29-31-32-33-34-35-36-37-38-39-40-41-42-43-44-46-47-49-51-53-55-57-59-61-63-65-67-69-71-76(79)81-74-75(73-78)82-77(80)72-70-68-66-64-62-60-58-56-54-52-50-48-45-30-28-26-24-22-20-18-16-14-12-10-8-6-4-2/h16,18,22,24,28,30,75,78H,3-15,17,19-21,23,25-27,29,31-74H2,1-2H3/b18-16-,24-22-,30-28-. The number of rotatable bonds is 71. The van der Waals surface area contributed by atoms with Crippen LogP contribution in [0.15, 0.2) is 36.5 Å². The van der Waals surface area contributed by atoms with Gasteiger partial charge in [0.05, 0.1) is 6.61 Å². The van der Waals surface area contributed by atoms with Gasteiger partial charge in [0.1, 0.15) is 6.61 Å². The predicted molar refractivity (Wildman–Crippen MR) is 362 cm³/mol. The average Bonchev–Trinajstić information content (AvgIpc) is 3.49. The Morgan fingerprint density at radius 2 is 0.488 bits per heavy atom. The highest BCUT2D eigenvalue weighted by Gasteiger charge is 2.16. The van der Waals surface area contributed by atoms with Crippen LogP contribution < -0.4 is 0 Å². The molecule has 0 bridgehead atoms. The molecule has 0 saturated heterocycles. The molecule has 484 valence electrons. The summed E-state index contributed by atoms with van der Waals surface area (Å²) in [7, 11) is 0. The van der Waals surface area contributed by atoms with Crippen LogP contribution in [-0.2, 0) is 19.1 Å². The molecule has 0 spiro atoms. The highest BCUT2D eigenvalue weighted by molar-refractivity contribution is 5.70. The van der Waals surface area contributed by atoms with E-state index in [-0.39, 0.29) is 25.2 Å². The van der Waals surface area contributed by atoms with Gasteiger partial charge in [0.2, 0.25) is 0 Å². The summed E-state index contributed by atoms with van der Waals surface area (Å²) in [5.41, 5.74) is 0. The van der Waals surface area contributed by atoms with Crippen molar-refractivity contribution in [1.82, 2.24) is 0 Å². The van der Waals surface area contributed by atoms with Gasteiger partial charge >= 0.3 is 11.9 Å². The number of hydrogen-bond donors (Lipinski definition) is 1. The van der Waals surface area contributed by atoms with E-state index in [0.717, 1.165) is 44.9 Å². The van der Waals surface area contributed by atoms with Crippen LogP contribution in [0.25, 0.3) is 0 Å². The highest BCUT2D eigenvalue weighted by atomic mass is 16.6. The summed E-state index contributed by atoms with van der Waals surface area (Å²) in [6.07, 6.45) is 97.9. The topological polar surface area (TPSA) is 72.8 Å². The molecule has 0 aromatic rings. The van der Waals surface area contributed by atoms with Crippen LogP contribution in [0.4, 0.5) is 0 Å². The van der Waals surface area contributed by atoms with Crippen LogP contribution in [0.2, 0.25) is 0 Å². The molecule has 0 saturated carbocycles. The Hall–Kier alpha value is -1.88. The summed E-state index contributed by atoms with van der Waals surface area (Å²) >= 11 is 0. The Morgan fingerprint density at radius 1 is 0.280 bits per heavy atom. The van der Waals surface area contributed by atoms with E-state index >= 15 is 0 Å². The van der Waals surface area contributed by atoms with Crippen molar-refractivity contribution in [2.75, 3.05) is 13.2 Å². The molecule has 0 radical (unpaired) electrons. The van der Waals surface area contributed by atoms with Gasteiger partial charge in [0, 0.05) is 12.8 Å². The van der Waals surface area contributed by atoms with Crippen LogP contribution in [-0.4, -0.2) is 36.4 Å². The second-order valence-corrected chi connectivity index (χ2v) is 25.7. The molecule has 1 N–H and O–H groups in total. The lowest BCUT2D eigenvalue weighted by Crippen LogP contribution is -2.28. The third-order valence-electron chi connectivity index (χ3n) is 17.4. The van der Waals surface area contributed by atoms with Crippen LogP contribution in [0.5, 0.6) is 0 Å². The SMILES string of the molecule is CCCCCCC/C=C\C/C=C\C/C=C\CCCCCCCCCCCCCCC(=O)OC(CO)COC(=O)CCCCCCCCCCCCCCCCCCCCCCCCCCCCCCCCCCCCCCCCCCC. The maximum atomic E-state index is 12.4. The molecule has 0 amide bonds. The van der Waals surface area contributed by atoms with Crippen molar-refractivity contribution in [3.63, 3.8) is 0 Å². The molecular formula is C77H146O5. The maximum absolute atomic E-state index is 12.4. The first kappa shape index (κ1) is 80.1. The number of aliphatic hydroxyl groups is 1. The number of ether oxygens (including phenoxy) is 2. The van der Waals surface area contributed by atoms with Gasteiger partial charge in [-0.15, -0.1) is 0 Å². The zero-order chi connectivity index (χ0) is 59.1. The van der Waals surface area contributed by atoms with Crippen molar-refractivity contribution in [1.29, 1.82) is 0 Å². The van der Waals surface area contributed by atoms with E-state index in [0.29, 0.717) is 12.8 Å². The zero-order valence-electron chi connectivity index (χ0n) is 55.8. The smallest absolute Gasteiger partial charge is 0.306 e. The molecule has 0 aliphatic carbocycles. The Bertz CT molecular complexity index is 1300. The quantitative estimate of drug-likeness (QED) is 0.0373. The highest BCUT2D eigenvalue weighted by Crippen LogP contribution is 2.20. The van der Waals surface area contributed by atoms with Crippen LogP contribution in [0.1, 0.15) is 425 Å². The molecule has 5 nitrogen and oxygen atoms in total. The summed E-state index contributed by atoms with van der Waals surface area (Å²) in [6, 6.07) is 0. The van der Waals surface area contributed by atoms with E-state index in [1.54, 1.807) is 0 Å². The van der Waals surface area contributed by atoms with Gasteiger partial charge in [-0.25, -0.2) is 0 Å². The van der Waals surface area contributed by atoms with Crippen molar-refractivity contribution < 1.29 is 24.2 Å². The largest absolute Gasteiger partial charge is 0.462 e. The zero-order valence-corrected chi connectivity index (χ0v) is 55.8. The first-order valence-electron chi connectivity index (χ1n) is 37.5. The molecule has 5 heteroatoms. The fraction of sp³-hybridized carbons (Fsp3) is 0.896. The number of unbranched alkanes of at least 4 members (excludes halogenated alkanes) is 57. The molecule has 82 heavy (non-hydrogen) atoms. The first-order valence-corrected chi connectivity index (χ1v) is 37.5. The van der Waals surface area contributed by atoms with Crippen LogP contribution in [0.3, 0.4) is 0 Å². The Morgan fingerprint density at radius 3 is 0.732 bits per heavy atom. The van der Waals surface area contributed by atoms with Crippen LogP contribution >= 0.6 is 0 Å². The lowest BCUT2D eigenvalue weighted by molar-refractivity contribution is -0.161. The van der Waals surface area contributed by atoms with E-state index in [9.17, 15) is 14.7 Å². The Kier molecular flexibility index (Phi) is 71.7. The molecule has 0 heterocycles.